The molecule has 2 heterocycles. The van der Waals surface area contributed by atoms with E-state index < -0.39 is 21.7 Å². The summed E-state index contributed by atoms with van der Waals surface area (Å²) in [6.45, 7) is 4.79. The van der Waals surface area contributed by atoms with E-state index in [2.05, 4.69) is 9.82 Å². The van der Waals surface area contributed by atoms with Gasteiger partial charge in [-0.25, -0.2) is 21.9 Å². The lowest BCUT2D eigenvalue weighted by atomic mass is 9.94. The van der Waals surface area contributed by atoms with E-state index in [-0.39, 0.29) is 21.9 Å². The van der Waals surface area contributed by atoms with Gasteiger partial charge in [0.25, 0.3) is 10.0 Å². The highest BCUT2D eigenvalue weighted by atomic mass is 32.2. The number of rotatable bonds is 3. The molecule has 9 heteroatoms. The minimum absolute atomic E-state index is 0.119. The number of nitrogens with zero attached hydrogens (tertiary/aromatic N) is 2. The molecule has 0 saturated carbocycles. The zero-order valence-corrected chi connectivity index (χ0v) is 13.3. The molecule has 0 spiro atoms. The number of fused-ring (bicyclic) bond motifs is 1. The minimum atomic E-state index is -4.07. The van der Waals surface area contributed by atoms with Gasteiger partial charge in [-0.3, -0.25) is 4.72 Å². The normalized spacial score (nSPS) is 16.5. The van der Waals surface area contributed by atoms with E-state index in [0.717, 1.165) is 18.3 Å². The molecule has 124 valence electrons. The molecule has 0 radical (unpaired) electrons. The van der Waals surface area contributed by atoms with Crippen molar-refractivity contribution in [3.63, 3.8) is 0 Å². The number of benzene rings is 1. The molecule has 0 atom stereocenters. The second kappa shape index (κ2) is 5.19. The van der Waals surface area contributed by atoms with Crippen molar-refractivity contribution in [1.82, 2.24) is 9.78 Å². The Morgan fingerprint density at radius 2 is 1.91 bits per heavy atom. The molecular weight excluding hydrogens is 328 g/mol. The molecule has 23 heavy (non-hydrogen) atoms. The molecule has 0 bridgehead atoms. The van der Waals surface area contributed by atoms with Crippen LogP contribution in [0.5, 0.6) is 5.88 Å². The predicted octanol–water partition coefficient (Wildman–Crippen LogP) is 2.38. The van der Waals surface area contributed by atoms with E-state index in [1.165, 1.54) is 4.68 Å². The Morgan fingerprint density at radius 3 is 2.57 bits per heavy atom. The average Bonchev–Trinajstić information content (AvgIpc) is 2.78. The van der Waals surface area contributed by atoms with Gasteiger partial charge >= 0.3 is 0 Å². The first-order valence-corrected chi connectivity index (χ1v) is 8.32. The summed E-state index contributed by atoms with van der Waals surface area (Å²) >= 11 is 0. The van der Waals surface area contributed by atoms with Crippen molar-refractivity contribution in [3.8, 4) is 5.88 Å². The smallest absolute Gasteiger partial charge is 0.268 e. The van der Waals surface area contributed by atoms with E-state index >= 15 is 0 Å². The maximum absolute atomic E-state index is 13.2. The Morgan fingerprint density at radius 1 is 1.26 bits per heavy atom. The van der Waals surface area contributed by atoms with E-state index in [0.29, 0.717) is 19.2 Å². The zero-order chi connectivity index (χ0) is 16.8. The molecule has 3 rings (SSSR count). The Balaban J connectivity index is 1.94. The van der Waals surface area contributed by atoms with Crippen LogP contribution in [-0.4, -0.2) is 24.8 Å². The van der Waals surface area contributed by atoms with Crippen molar-refractivity contribution >= 4 is 15.7 Å². The van der Waals surface area contributed by atoms with Crippen LogP contribution in [-0.2, 0) is 16.6 Å². The van der Waals surface area contributed by atoms with E-state index in [1.54, 1.807) is 0 Å². The fourth-order valence-electron chi connectivity index (χ4n) is 2.34. The second-order valence-electron chi connectivity index (χ2n) is 6.19. The largest absolute Gasteiger partial charge is 0.476 e. The van der Waals surface area contributed by atoms with Crippen LogP contribution in [0.25, 0.3) is 0 Å². The number of halogens is 2. The summed E-state index contributed by atoms with van der Waals surface area (Å²) in [7, 11) is -4.07. The van der Waals surface area contributed by atoms with Gasteiger partial charge in [0.1, 0.15) is 11.6 Å². The van der Waals surface area contributed by atoms with Gasteiger partial charge in [0.2, 0.25) is 5.88 Å². The van der Waals surface area contributed by atoms with E-state index in [1.807, 2.05) is 13.8 Å². The van der Waals surface area contributed by atoms with Gasteiger partial charge in [-0.15, -0.1) is 0 Å². The second-order valence-corrected chi connectivity index (χ2v) is 7.84. The molecule has 1 N–H and O–H groups in total. The van der Waals surface area contributed by atoms with Crippen molar-refractivity contribution in [2.75, 3.05) is 11.3 Å². The quantitative estimate of drug-likeness (QED) is 0.929. The molecule has 2 aromatic rings. The Hall–Kier alpha value is -2.16. The van der Waals surface area contributed by atoms with Gasteiger partial charge in [-0.1, -0.05) is 13.8 Å². The predicted molar refractivity (Wildman–Crippen MR) is 78.7 cm³/mol. The molecule has 0 unspecified atom stereocenters. The van der Waals surface area contributed by atoms with Crippen LogP contribution in [0.1, 0.15) is 13.8 Å². The Kier molecular flexibility index (Phi) is 3.55. The van der Waals surface area contributed by atoms with Gasteiger partial charge in [0, 0.05) is 11.5 Å². The highest BCUT2D eigenvalue weighted by molar-refractivity contribution is 7.92. The van der Waals surface area contributed by atoms with Gasteiger partial charge in [-0.05, 0) is 12.1 Å². The van der Waals surface area contributed by atoms with Crippen molar-refractivity contribution in [3.05, 3.63) is 36.0 Å². The summed E-state index contributed by atoms with van der Waals surface area (Å²) in [5, 5.41) is 4.02. The van der Waals surface area contributed by atoms with Crippen molar-refractivity contribution in [2.45, 2.75) is 25.3 Å². The molecule has 1 aromatic heterocycles. The molecule has 6 nitrogen and oxygen atoms in total. The van der Waals surface area contributed by atoms with Crippen LogP contribution in [0.3, 0.4) is 0 Å². The van der Waals surface area contributed by atoms with Crippen molar-refractivity contribution in [2.24, 2.45) is 5.41 Å². The zero-order valence-electron chi connectivity index (χ0n) is 12.5. The molecule has 0 aliphatic carbocycles. The van der Waals surface area contributed by atoms with Crippen LogP contribution in [0.15, 0.2) is 29.3 Å². The molecule has 0 amide bonds. The third-order valence-electron chi connectivity index (χ3n) is 3.34. The first-order valence-electron chi connectivity index (χ1n) is 6.84. The summed E-state index contributed by atoms with van der Waals surface area (Å²) < 4.78 is 60.3. The molecule has 1 aliphatic heterocycles. The molecular formula is C14H15F2N3O3S. The van der Waals surface area contributed by atoms with Gasteiger partial charge in [0.15, 0.2) is 4.90 Å². The number of hydrogen-bond donors (Lipinski definition) is 1. The third kappa shape index (κ3) is 3.14. The van der Waals surface area contributed by atoms with Crippen LogP contribution >= 0.6 is 0 Å². The lowest BCUT2D eigenvalue weighted by Crippen LogP contribution is -2.33. The maximum atomic E-state index is 13.2. The lowest BCUT2D eigenvalue weighted by Gasteiger charge is -2.30. The summed E-state index contributed by atoms with van der Waals surface area (Å²) in [4.78, 5) is -0.169. The number of aromatic nitrogens is 2. The molecule has 1 aromatic carbocycles. The first kappa shape index (κ1) is 15.7. The average molecular weight is 343 g/mol. The third-order valence-corrected chi connectivity index (χ3v) is 4.70. The minimum Gasteiger partial charge on any atom is -0.476 e. The van der Waals surface area contributed by atoms with E-state index in [4.69, 9.17) is 4.74 Å². The standard InChI is InChI=1S/C14H15F2N3O3S/c1-14(2)7-19-13(22-8-14)12(6-17-19)23(20,21)18-11-4-9(15)3-10(16)5-11/h3-6,18H,7-8H2,1-2H3. The number of ether oxygens (including phenoxy) is 1. The van der Waals surface area contributed by atoms with Crippen LogP contribution < -0.4 is 9.46 Å². The van der Waals surface area contributed by atoms with Crippen LogP contribution in [0.4, 0.5) is 14.5 Å². The van der Waals surface area contributed by atoms with Gasteiger partial charge in [-0.2, -0.15) is 5.10 Å². The Bertz CT molecular complexity index is 842. The topological polar surface area (TPSA) is 73.2 Å². The lowest BCUT2D eigenvalue weighted by molar-refractivity contribution is 0.0971. The van der Waals surface area contributed by atoms with Crippen molar-refractivity contribution < 1.29 is 21.9 Å². The highest BCUT2D eigenvalue weighted by Gasteiger charge is 2.33. The monoisotopic (exact) mass is 343 g/mol. The maximum Gasteiger partial charge on any atom is 0.268 e. The fourth-order valence-corrected chi connectivity index (χ4v) is 3.46. The summed E-state index contributed by atoms with van der Waals surface area (Å²) in [5.74, 6) is -1.64. The van der Waals surface area contributed by atoms with Crippen molar-refractivity contribution in [1.29, 1.82) is 0 Å². The fraction of sp³-hybridized carbons (Fsp3) is 0.357. The van der Waals surface area contributed by atoms with E-state index in [9.17, 15) is 17.2 Å². The van der Waals surface area contributed by atoms with Gasteiger partial charge < -0.3 is 4.74 Å². The van der Waals surface area contributed by atoms with Crippen LogP contribution in [0.2, 0.25) is 0 Å². The molecule has 0 fully saturated rings. The van der Waals surface area contributed by atoms with Crippen LogP contribution in [0, 0.1) is 17.0 Å². The number of anilines is 1. The summed E-state index contributed by atoms with van der Waals surface area (Å²) in [6, 6.07) is 2.44. The first-order chi connectivity index (χ1) is 10.7. The highest BCUT2D eigenvalue weighted by Crippen LogP contribution is 2.33. The van der Waals surface area contributed by atoms with Gasteiger partial charge in [0.05, 0.1) is 25.0 Å². The number of hydrogen-bond acceptors (Lipinski definition) is 4. The summed E-state index contributed by atoms with van der Waals surface area (Å²) in [5.41, 5.74) is -0.377. The SMILES string of the molecule is CC1(C)COc2c(S(=O)(=O)Nc3cc(F)cc(F)c3)cnn2C1. The summed E-state index contributed by atoms with van der Waals surface area (Å²) in [6.07, 6.45) is 1.16. The number of nitrogens with one attached hydrogen (secondary N) is 1. The molecule has 1 aliphatic rings. The Labute approximate surface area is 132 Å². The number of sulfonamides is 1. The molecule has 0 saturated heterocycles.